The molecule has 0 aliphatic heterocycles. The Morgan fingerprint density at radius 3 is 2.44 bits per heavy atom. The van der Waals surface area contributed by atoms with Crippen LogP contribution in [0.1, 0.15) is 59.2 Å². The molecule has 0 amide bonds. The van der Waals surface area contributed by atoms with Crippen molar-refractivity contribution in [2.45, 2.75) is 44.6 Å². The van der Waals surface area contributed by atoms with Crippen molar-refractivity contribution in [2.75, 3.05) is 6.61 Å². The molecule has 0 aliphatic rings. The zero-order chi connectivity index (χ0) is 23.8. The monoisotopic (exact) mass is 459 g/mol. The fourth-order valence-electron chi connectivity index (χ4n) is 3.84. The van der Waals surface area contributed by atoms with Gasteiger partial charge in [0.25, 0.3) is 0 Å². The fraction of sp³-hybridized carbons (Fsp3) is 0.286. The third-order valence-corrected chi connectivity index (χ3v) is 5.79. The molecule has 0 radical (unpaired) electrons. The number of hydrogen-bond acceptors (Lipinski definition) is 5. The summed E-state index contributed by atoms with van der Waals surface area (Å²) >= 11 is 0. The minimum Gasteiger partial charge on any atom is -0.494 e. The summed E-state index contributed by atoms with van der Waals surface area (Å²) < 4.78 is 11.4. The summed E-state index contributed by atoms with van der Waals surface area (Å²) in [7, 11) is 0. The number of carboxylic acids is 1. The van der Waals surface area contributed by atoms with Gasteiger partial charge in [-0.2, -0.15) is 0 Å². The number of ether oxygens (including phenoxy) is 1. The standard InChI is InChI=1S/C28H29NO5/c30-25(27-29-24-19-22(28(31)32)13-17-26(24)34-27)16-12-21-10-14-23(15-11-21)33-18-6-2-5-9-20-7-3-1-4-8-20/h1,3-4,7-8,10-11,13-15,17,19,25,30H,2,5-6,9,12,16,18H2,(H,31,32). The predicted octanol–water partition coefficient (Wildman–Crippen LogP) is 5.98. The number of aliphatic hydroxyl groups excluding tert-OH is 1. The van der Waals surface area contributed by atoms with Gasteiger partial charge < -0.3 is 19.4 Å². The Bertz CT molecular complexity index is 1200. The van der Waals surface area contributed by atoms with Crippen LogP contribution in [0.3, 0.4) is 0 Å². The zero-order valence-corrected chi connectivity index (χ0v) is 19.0. The molecule has 0 spiro atoms. The quantitative estimate of drug-likeness (QED) is 0.253. The van der Waals surface area contributed by atoms with Gasteiger partial charge >= 0.3 is 5.97 Å². The summed E-state index contributed by atoms with van der Waals surface area (Å²) in [4.78, 5) is 15.4. The van der Waals surface area contributed by atoms with E-state index >= 15 is 0 Å². The normalized spacial score (nSPS) is 12.0. The third kappa shape index (κ3) is 6.45. The van der Waals surface area contributed by atoms with E-state index in [4.69, 9.17) is 14.3 Å². The molecule has 0 saturated heterocycles. The van der Waals surface area contributed by atoms with Gasteiger partial charge in [0.15, 0.2) is 5.58 Å². The predicted molar refractivity (Wildman–Crippen MR) is 130 cm³/mol. The highest BCUT2D eigenvalue weighted by Gasteiger charge is 2.16. The van der Waals surface area contributed by atoms with Crippen molar-refractivity contribution in [1.82, 2.24) is 4.98 Å². The Morgan fingerprint density at radius 1 is 0.912 bits per heavy atom. The summed E-state index contributed by atoms with van der Waals surface area (Å²) in [6.45, 7) is 0.703. The first-order valence-corrected chi connectivity index (χ1v) is 11.7. The average Bonchev–Trinajstić information content (AvgIpc) is 3.29. The van der Waals surface area contributed by atoms with Crippen LogP contribution in [0.5, 0.6) is 5.75 Å². The molecule has 1 heterocycles. The first-order chi connectivity index (χ1) is 16.6. The van der Waals surface area contributed by atoms with E-state index in [-0.39, 0.29) is 11.5 Å². The Kier molecular flexibility index (Phi) is 7.94. The number of aromatic carboxylic acids is 1. The van der Waals surface area contributed by atoms with Crippen LogP contribution in [0, 0.1) is 0 Å². The van der Waals surface area contributed by atoms with Crippen molar-refractivity contribution >= 4 is 17.1 Å². The lowest BCUT2D eigenvalue weighted by Gasteiger charge is -2.09. The molecule has 34 heavy (non-hydrogen) atoms. The van der Waals surface area contributed by atoms with E-state index in [1.54, 1.807) is 6.07 Å². The van der Waals surface area contributed by atoms with Crippen LogP contribution in [0.15, 0.2) is 77.2 Å². The lowest BCUT2D eigenvalue weighted by Crippen LogP contribution is -2.01. The van der Waals surface area contributed by atoms with Crippen LogP contribution < -0.4 is 4.74 Å². The van der Waals surface area contributed by atoms with Gasteiger partial charge in [-0.05, 0) is 80.0 Å². The van der Waals surface area contributed by atoms with Gasteiger partial charge in [-0.3, -0.25) is 0 Å². The molecule has 0 bridgehead atoms. The molecule has 6 heteroatoms. The maximum Gasteiger partial charge on any atom is 0.335 e. The van der Waals surface area contributed by atoms with Gasteiger partial charge in [-0.15, -0.1) is 0 Å². The SMILES string of the molecule is O=C(O)c1ccc2oc(C(O)CCc3ccc(OCCCCCc4ccccc4)cc3)nc2c1. The Hall–Kier alpha value is -3.64. The minimum atomic E-state index is -1.03. The van der Waals surface area contributed by atoms with Crippen LogP contribution in [0.2, 0.25) is 0 Å². The van der Waals surface area contributed by atoms with Gasteiger partial charge in [0, 0.05) is 0 Å². The number of hydrogen-bond donors (Lipinski definition) is 2. The number of carboxylic acid groups (broad SMARTS) is 1. The first kappa shape index (κ1) is 23.5. The van der Waals surface area contributed by atoms with Crippen molar-refractivity contribution in [3.8, 4) is 5.75 Å². The van der Waals surface area contributed by atoms with E-state index < -0.39 is 12.1 Å². The Balaban J connectivity index is 1.18. The third-order valence-electron chi connectivity index (χ3n) is 5.79. The maximum atomic E-state index is 11.1. The second kappa shape index (κ2) is 11.5. The smallest absolute Gasteiger partial charge is 0.335 e. The van der Waals surface area contributed by atoms with Crippen LogP contribution in [0.4, 0.5) is 0 Å². The molecule has 2 N–H and O–H groups in total. The van der Waals surface area contributed by atoms with E-state index in [1.165, 1.54) is 17.7 Å². The molecule has 3 aromatic carbocycles. The molecule has 1 aromatic heterocycles. The van der Waals surface area contributed by atoms with Crippen LogP contribution in [-0.4, -0.2) is 27.8 Å². The van der Waals surface area contributed by atoms with Gasteiger partial charge in [0.2, 0.25) is 5.89 Å². The van der Waals surface area contributed by atoms with Crippen LogP contribution in [-0.2, 0) is 12.8 Å². The molecule has 0 saturated carbocycles. The molecule has 176 valence electrons. The number of nitrogens with zero attached hydrogens (tertiary/aromatic N) is 1. The number of unbranched alkanes of at least 4 members (excludes halogenated alkanes) is 2. The number of benzene rings is 3. The van der Waals surface area contributed by atoms with E-state index in [0.717, 1.165) is 37.0 Å². The molecule has 4 aromatic rings. The highest BCUT2D eigenvalue weighted by atomic mass is 16.5. The average molecular weight is 460 g/mol. The summed E-state index contributed by atoms with van der Waals surface area (Å²) in [5.74, 6) is 0.0211. The zero-order valence-electron chi connectivity index (χ0n) is 19.0. The molecule has 4 rings (SSSR count). The number of aryl methyl sites for hydroxylation is 2. The minimum absolute atomic E-state index is 0.135. The van der Waals surface area contributed by atoms with Gasteiger partial charge in [-0.25, -0.2) is 9.78 Å². The van der Waals surface area contributed by atoms with E-state index in [9.17, 15) is 9.90 Å². The summed E-state index contributed by atoms with van der Waals surface area (Å²) in [6, 6.07) is 22.9. The van der Waals surface area contributed by atoms with Crippen molar-refractivity contribution in [3.05, 3.63) is 95.4 Å². The topological polar surface area (TPSA) is 92.8 Å². The van der Waals surface area contributed by atoms with Crippen molar-refractivity contribution < 1.29 is 24.2 Å². The fourth-order valence-corrected chi connectivity index (χ4v) is 3.84. The number of rotatable bonds is 12. The highest BCUT2D eigenvalue weighted by Crippen LogP contribution is 2.25. The number of aromatic nitrogens is 1. The highest BCUT2D eigenvalue weighted by molar-refractivity contribution is 5.91. The second-order valence-corrected chi connectivity index (χ2v) is 8.38. The van der Waals surface area contributed by atoms with Crippen molar-refractivity contribution in [2.24, 2.45) is 0 Å². The van der Waals surface area contributed by atoms with Gasteiger partial charge in [0.05, 0.1) is 12.2 Å². The van der Waals surface area contributed by atoms with Crippen LogP contribution >= 0.6 is 0 Å². The van der Waals surface area contributed by atoms with E-state index in [1.807, 2.05) is 30.3 Å². The summed E-state index contributed by atoms with van der Waals surface area (Å²) in [5, 5.41) is 19.6. The van der Waals surface area contributed by atoms with Crippen molar-refractivity contribution in [1.29, 1.82) is 0 Å². The number of oxazole rings is 1. The van der Waals surface area contributed by atoms with Gasteiger partial charge in [0.1, 0.15) is 17.4 Å². The molecule has 0 fully saturated rings. The van der Waals surface area contributed by atoms with Gasteiger partial charge in [-0.1, -0.05) is 42.5 Å². The summed E-state index contributed by atoms with van der Waals surface area (Å²) in [5.41, 5.74) is 3.48. The number of aliphatic hydroxyl groups is 1. The largest absolute Gasteiger partial charge is 0.494 e. The molecular weight excluding hydrogens is 430 g/mol. The Morgan fingerprint density at radius 2 is 1.68 bits per heavy atom. The van der Waals surface area contributed by atoms with E-state index in [2.05, 4.69) is 29.2 Å². The van der Waals surface area contributed by atoms with Crippen molar-refractivity contribution in [3.63, 3.8) is 0 Å². The lowest BCUT2D eigenvalue weighted by molar-refractivity contribution is 0.0697. The molecule has 0 aliphatic carbocycles. The number of carbonyl (C=O) groups is 1. The molecule has 1 unspecified atom stereocenters. The summed E-state index contributed by atoms with van der Waals surface area (Å²) in [6.07, 6.45) is 4.66. The van der Waals surface area contributed by atoms with Crippen LogP contribution in [0.25, 0.3) is 11.1 Å². The lowest BCUT2D eigenvalue weighted by atomic mass is 10.1. The number of fused-ring (bicyclic) bond motifs is 1. The van der Waals surface area contributed by atoms with E-state index in [0.29, 0.717) is 30.5 Å². The Labute approximate surface area is 198 Å². The molecular formula is C28H29NO5. The molecule has 6 nitrogen and oxygen atoms in total. The first-order valence-electron chi connectivity index (χ1n) is 11.7. The molecule has 1 atom stereocenters. The maximum absolute atomic E-state index is 11.1. The second-order valence-electron chi connectivity index (χ2n) is 8.38.